The lowest BCUT2D eigenvalue weighted by Crippen LogP contribution is -1.89. The first-order valence-electron chi connectivity index (χ1n) is 5.83. The number of aromatic nitrogens is 3. The number of nitrogens with zero attached hydrogens (tertiary/aromatic N) is 3. The maximum absolute atomic E-state index is 5.90. The summed E-state index contributed by atoms with van der Waals surface area (Å²) in [6.45, 7) is 1.97. The largest absolute Gasteiger partial charge is 0.380 e. The van der Waals surface area contributed by atoms with E-state index in [1.165, 1.54) is 0 Å². The van der Waals surface area contributed by atoms with Gasteiger partial charge in [-0.3, -0.25) is 9.97 Å². The van der Waals surface area contributed by atoms with Gasteiger partial charge in [0.05, 0.1) is 5.56 Å². The summed E-state index contributed by atoms with van der Waals surface area (Å²) in [6, 6.07) is 5.75. The van der Waals surface area contributed by atoms with Crippen molar-refractivity contribution in [2.45, 2.75) is 6.92 Å². The van der Waals surface area contributed by atoms with Crippen molar-refractivity contribution in [1.82, 2.24) is 15.1 Å². The van der Waals surface area contributed by atoms with Gasteiger partial charge in [-0.1, -0.05) is 11.2 Å². The molecule has 94 valence electrons. The molecular formula is C14H12N4O. The van der Waals surface area contributed by atoms with E-state index >= 15 is 0 Å². The summed E-state index contributed by atoms with van der Waals surface area (Å²) in [4.78, 5) is 8.25. The summed E-state index contributed by atoms with van der Waals surface area (Å²) < 4.78 is 5.35. The van der Waals surface area contributed by atoms with Crippen LogP contribution >= 0.6 is 0 Å². The van der Waals surface area contributed by atoms with Crippen molar-refractivity contribution in [3.8, 4) is 22.5 Å². The van der Waals surface area contributed by atoms with Gasteiger partial charge >= 0.3 is 0 Å². The zero-order valence-corrected chi connectivity index (χ0v) is 10.4. The first-order valence-corrected chi connectivity index (χ1v) is 5.83. The summed E-state index contributed by atoms with van der Waals surface area (Å²) in [6.07, 6.45) is 6.95. The third-order valence-corrected chi connectivity index (χ3v) is 2.81. The molecule has 0 unspecified atom stereocenters. The highest BCUT2D eigenvalue weighted by Gasteiger charge is 2.17. The number of nitrogens with two attached hydrogens (primary N) is 1. The zero-order valence-electron chi connectivity index (χ0n) is 10.4. The summed E-state index contributed by atoms with van der Waals surface area (Å²) >= 11 is 0. The minimum absolute atomic E-state index is 0.351. The third kappa shape index (κ3) is 2.06. The Morgan fingerprint density at radius 1 is 1.11 bits per heavy atom. The van der Waals surface area contributed by atoms with Gasteiger partial charge in [-0.15, -0.1) is 0 Å². The van der Waals surface area contributed by atoms with Gasteiger partial charge < -0.3 is 10.3 Å². The van der Waals surface area contributed by atoms with E-state index in [2.05, 4.69) is 15.1 Å². The van der Waals surface area contributed by atoms with Crippen LogP contribution in [0, 0.1) is 6.92 Å². The molecule has 0 spiro atoms. The van der Waals surface area contributed by atoms with E-state index in [1.54, 1.807) is 24.8 Å². The van der Waals surface area contributed by atoms with Gasteiger partial charge in [-0.25, -0.2) is 0 Å². The molecule has 0 aliphatic rings. The van der Waals surface area contributed by atoms with Crippen LogP contribution in [0.4, 0.5) is 5.82 Å². The van der Waals surface area contributed by atoms with Crippen LogP contribution in [0.5, 0.6) is 0 Å². The lowest BCUT2D eigenvalue weighted by Gasteiger charge is -2.02. The molecule has 3 aromatic heterocycles. The number of pyridine rings is 2. The summed E-state index contributed by atoms with van der Waals surface area (Å²) in [5, 5.41) is 3.85. The SMILES string of the molecule is Cc1cncc(-c2onc(N)c2-c2cccnc2)c1. The van der Waals surface area contributed by atoms with Gasteiger partial charge in [0.1, 0.15) is 0 Å². The Hall–Kier alpha value is -2.69. The maximum Gasteiger partial charge on any atom is 0.178 e. The Bertz CT molecular complexity index is 706. The van der Waals surface area contributed by atoms with Crippen molar-refractivity contribution in [3.05, 3.63) is 48.5 Å². The highest BCUT2D eigenvalue weighted by Crippen LogP contribution is 2.35. The normalized spacial score (nSPS) is 10.6. The number of rotatable bonds is 2. The molecule has 0 saturated heterocycles. The first kappa shape index (κ1) is 11.4. The van der Waals surface area contributed by atoms with Crippen molar-refractivity contribution in [1.29, 1.82) is 0 Å². The quantitative estimate of drug-likeness (QED) is 0.758. The van der Waals surface area contributed by atoms with Gasteiger partial charge in [0.15, 0.2) is 11.6 Å². The Labute approximate surface area is 110 Å². The van der Waals surface area contributed by atoms with Crippen molar-refractivity contribution < 1.29 is 4.52 Å². The van der Waals surface area contributed by atoms with Crippen LogP contribution in [0.3, 0.4) is 0 Å². The second-order valence-electron chi connectivity index (χ2n) is 4.26. The Kier molecular flexibility index (Phi) is 2.72. The average molecular weight is 252 g/mol. The van der Waals surface area contributed by atoms with Gasteiger partial charge in [-0.2, -0.15) is 0 Å². The molecule has 5 nitrogen and oxygen atoms in total. The van der Waals surface area contributed by atoms with E-state index < -0.39 is 0 Å². The number of hydrogen-bond donors (Lipinski definition) is 1. The molecule has 3 heterocycles. The third-order valence-electron chi connectivity index (χ3n) is 2.81. The summed E-state index contributed by atoms with van der Waals surface area (Å²) in [5.74, 6) is 0.964. The number of aryl methyl sites for hydroxylation is 1. The number of nitrogen functional groups attached to an aromatic ring is 1. The second kappa shape index (κ2) is 4.53. The smallest absolute Gasteiger partial charge is 0.178 e. The van der Waals surface area contributed by atoms with Crippen LogP contribution in [0.2, 0.25) is 0 Å². The van der Waals surface area contributed by atoms with Crippen molar-refractivity contribution in [2.75, 3.05) is 5.73 Å². The zero-order chi connectivity index (χ0) is 13.2. The van der Waals surface area contributed by atoms with Crippen LogP contribution in [-0.2, 0) is 0 Å². The van der Waals surface area contributed by atoms with Crippen LogP contribution in [0.1, 0.15) is 5.56 Å². The molecule has 0 aliphatic heterocycles. The van der Waals surface area contributed by atoms with E-state index in [0.717, 1.165) is 22.3 Å². The predicted octanol–water partition coefficient (Wildman–Crippen LogP) is 2.69. The van der Waals surface area contributed by atoms with Gasteiger partial charge in [0.2, 0.25) is 0 Å². The molecule has 0 saturated carbocycles. The standard InChI is InChI=1S/C14H12N4O/c1-9-5-11(8-17-6-9)13-12(14(15)18-19-13)10-3-2-4-16-7-10/h2-8H,1H3,(H2,15,18). The van der Waals surface area contributed by atoms with E-state index in [4.69, 9.17) is 10.3 Å². The molecule has 0 bridgehead atoms. The lowest BCUT2D eigenvalue weighted by molar-refractivity contribution is 0.436. The second-order valence-corrected chi connectivity index (χ2v) is 4.26. The Morgan fingerprint density at radius 2 is 1.95 bits per heavy atom. The molecule has 5 heteroatoms. The molecule has 0 aliphatic carbocycles. The highest BCUT2D eigenvalue weighted by atomic mass is 16.5. The van der Waals surface area contributed by atoms with E-state index in [9.17, 15) is 0 Å². The van der Waals surface area contributed by atoms with Crippen molar-refractivity contribution in [2.24, 2.45) is 0 Å². The highest BCUT2D eigenvalue weighted by molar-refractivity contribution is 5.85. The molecule has 0 radical (unpaired) electrons. The Morgan fingerprint density at radius 3 is 2.68 bits per heavy atom. The fraction of sp³-hybridized carbons (Fsp3) is 0.0714. The Balaban J connectivity index is 2.19. The molecule has 3 aromatic rings. The van der Waals surface area contributed by atoms with Crippen LogP contribution in [0.15, 0.2) is 47.5 Å². The molecular weight excluding hydrogens is 240 g/mol. The van der Waals surface area contributed by atoms with Gasteiger partial charge in [0.25, 0.3) is 0 Å². The molecule has 0 amide bonds. The summed E-state index contributed by atoms with van der Waals surface area (Å²) in [5.41, 5.74) is 9.42. The van der Waals surface area contributed by atoms with E-state index in [1.807, 2.05) is 25.1 Å². The predicted molar refractivity (Wildman–Crippen MR) is 72.1 cm³/mol. The number of anilines is 1. The average Bonchev–Trinajstić information content (AvgIpc) is 2.82. The number of hydrogen-bond acceptors (Lipinski definition) is 5. The molecule has 0 fully saturated rings. The molecule has 0 atom stereocenters. The van der Waals surface area contributed by atoms with Crippen LogP contribution in [-0.4, -0.2) is 15.1 Å². The topological polar surface area (TPSA) is 77.8 Å². The molecule has 0 aromatic carbocycles. The summed E-state index contributed by atoms with van der Waals surface area (Å²) in [7, 11) is 0. The fourth-order valence-electron chi connectivity index (χ4n) is 1.97. The maximum atomic E-state index is 5.90. The van der Waals surface area contributed by atoms with Crippen LogP contribution in [0.25, 0.3) is 22.5 Å². The van der Waals surface area contributed by atoms with Gasteiger partial charge in [0, 0.05) is 35.9 Å². The van der Waals surface area contributed by atoms with Crippen molar-refractivity contribution >= 4 is 5.82 Å². The van der Waals surface area contributed by atoms with E-state index in [-0.39, 0.29) is 0 Å². The molecule has 2 N–H and O–H groups in total. The van der Waals surface area contributed by atoms with Crippen LogP contribution < -0.4 is 5.73 Å². The van der Waals surface area contributed by atoms with E-state index in [0.29, 0.717) is 11.6 Å². The van der Waals surface area contributed by atoms with Gasteiger partial charge in [-0.05, 0) is 24.6 Å². The lowest BCUT2D eigenvalue weighted by atomic mass is 10.0. The monoisotopic (exact) mass is 252 g/mol. The molecule has 19 heavy (non-hydrogen) atoms. The molecule has 3 rings (SSSR count). The first-order chi connectivity index (χ1) is 9.25. The minimum atomic E-state index is 0.351. The van der Waals surface area contributed by atoms with Crippen molar-refractivity contribution in [3.63, 3.8) is 0 Å². The minimum Gasteiger partial charge on any atom is -0.380 e. The fourth-order valence-corrected chi connectivity index (χ4v) is 1.97.